The van der Waals surface area contributed by atoms with E-state index in [9.17, 15) is 14.4 Å². The second-order valence-electron chi connectivity index (χ2n) is 6.15. The van der Waals surface area contributed by atoms with Gasteiger partial charge in [-0.05, 0) is 25.7 Å². The van der Waals surface area contributed by atoms with Gasteiger partial charge in [0.15, 0.2) is 0 Å². The van der Waals surface area contributed by atoms with E-state index < -0.39 is 17.9 Å². The highest BCUT2D eigenvalue weighted by Gasteiger charge is 2.07. The lowest BCUT2D eigenvalue weighted by Gasteiger charge is -2.01. The number of esters is 2. The lowest BCUT2D eigenvalue weighted by Crippen LogP contribution is -2.10. The van der Waals surface area contributed by atoms with Gasteiger partial charge in [0.25, 0.3) is 0 Å². The van der Waals surface area contributed by atoms with Crippen LogP contribution in [0.3, 0.4) is 0 Å². The molecule has 0 aliphatic carbocycles. The largest absolute Gasteiger partial charge is 0.478 e. The minimum absolute atomic E-state index is 0.170. The van der Waals surface area contributed by atoms with Gasteiger partial charge >= 0.3 is 17.9 Å². The number of ether oxygens (including phenoxy) is 1. The third-order valence-electron chi connectivity index (χ3n) is 3.66. The molecule has 0 aromatic carbocycles. The monoisotopic (exact) mass is 376 g/mol. The van der Waals surface area contributed by atoms with Crippen LogP contribution >= 0.6 is 0 Å². The highest BCUT2D eigenvalue weighted by molar-refractivity contribution is 5.95. The number of hydrogen-bond acceptors (Lipinski definition) is 4. The fraction of sp³-hybridized carbons (Fsp3) is 0.500. The Morgan fingerprint density at radius 2 is 1.37 bits per heavy atom. The standard InChI is InChI=1S/C22H32O5/c1-2-3-4-5-6-7-8-9-10-11-12-13-14-15-16-17-21(25)27-22(26)19-18-20(23)24/h5-10,18-19H,2-4,11-17H2,1H3,(H,23,24)/b6-5+,8-7+,10-9+,19-18-. The van der Waals surface area contributed by atoms with E-state index in [0.29, 0.717) is 12.5 Å². The second kappa shape index (κ2) is 18.4. The van der Waals surface area contributed by atoms with Crippen molar-refractivity contribution < 1.29 is 24.2 Å². The van der Waals surface area contributed by atoms with Crippen molar-refractivity contribution in [2.24, 2.45) is 0 Å². The molecule has 0 aliphatic heterocycles. The molecule has 0 atom stereocenters. The summed E-state index contributed by atoms with van der Waals surface area (Å²) in [6.45, 7) is 2.19. The van der Waals surface area contributed by atoms with E-state index in [2.05, 4.69) is 36.0 Å². The number of carboxylic acids is 1. The van der Waals surface area contributed by atoms with Crippen molar-refractivity contribution in [2.45, 2.75) is 71.1 Å². The van der Waals surface area contributed by atoms with Crippen molar-refractivity contribution >= 4 is 17.9 Å². The first-order valence-corrected chi connectivity index (χ1v) is 9.70. The van der Waals surface area contributed by atoms with Gasteiger partial charge in [-0.15, -0.1) is 0 Å². The Kier molecular flexibility index (Phi) is 16.7. The maximum atomic E-state index is 11.4. The van der Waals surface area contributed by atoms with Crippen LogP contribution in [0.1, 0.15) is 71.1 Å². The zero-order valence-electron chi connectivity index (χ0n) is 16.3. The van der Waals surface area contributed by atoms with Gasteiger partial charge in [-0.3, -0.25) is 4.79 Å². The quantitative estimate of drug-likeness (QED) is 0.138. The first kappa shape index (κ1) is 24.6. The van der Waals surface area contributed by atoms with E-state index in [4.69, 9.17) is 5.11 Å². The molecule has 5 heteroatoms. The molecule has 0 rings (SSSR count). The van der Waals surface area contributed by atoms with Gasteiger partial charge in [0.2, 0.25) is 0 Å². The maximum absolute atomic E-state index is 11.4. The molecule has 0 aromatic heterocycles. The third-order valence-corrected chi connectivity index (χ3v) is 3.66. The van der Waals surface area contributed by atoms with E-state index >= 15 is 0 Å². The van der Waals surface area contributed by atoms with Gasteiger partial charge in [0.1, 0.15) is 0 Å². The molecule has 5 nitrogen and oxygen atoms in total. The highest BCUT2D eigenvalue weighted by atomic mass is 16.6. The van der Waals surface area contributed by atoms with Gasteiger partial charge < -0.3 is 9.84 Å². The van der Waals surface area contributed by atoms with Crippen molar-refractivity contribution in [3.8, 4) is 0 Å². The number of carbonyl (C=O) groups excluding carboxylic acids is 2. The lowest BCUT2D eigenvalue weighted by atomic mass is 10.1. The Balaban J connectivity index is 3.53. The van der Waals surface area contributed by atoms with Gasteiger partial charge in [-0.1, -0.05) is 75.5 Å². The number of carboxylic acid groups (broad SMARTS) is 1. The summed E-state index contributed by atoms with van der Waals surface area (Å²) in [4.78, 5) is 32.7. The average Bonchev–Trinajstić information content (AvgIpc) is 2.63. The molecule has 27 heavy (non-hydrogen) atoms. The van der Waals surface area contributed by atoms with Gasteiger partial charge in [0.05, 0.1) is 0 Å². The zero-order chi connectivity index (χ0) is 20.2. The third kappa shape index (κ3) is 19.7. The van der Waals surface area contributed by atoms with Crippen LogP contribution in [0.25, 0.3) is 0 Å². The van der Waals surface area contributed by atoms with Crippen molar-refractivity contribution in [1.29, 1.82) is 0 Å². The molecule has 0 spiro atoms. The average molecular weight is 376 g/mol. The summed E-state index contributed by atoms with van der Waals surface area (Å²) in [6.07, 6.45) is 23.6. The van der Waals surface area contributed by atoms with E-state index in [1.54, 1.807) is 0 Å². The summed E-state index contributed by atoms with van der Waals surface area (Å²) in [7, 11) is 0. The molecule has 0 fully saturated rings. The topological polar surface area (TPSA) is 80.7 Å². The van der Waals surface area contributed by atoms with Gasteiger partial charge in [-0.25, -0.2) is 9.59 Å². The molecule has 1 N–H and O–H groups in total. The van der Waals surface area contributed by atoms with Crippen LogP contribution in [0.5, 0.6) is 0 Å². The number of aliphatic carboxylic acids is 1. The highest BCUT2D eigenvalue weighted by Crippen LogP contribution is 2.08. The smallest absolute Gasteiger partial charge is 0.338 e. The molecule has 0 unspecified atom stereocenters. The van der Waals surface area contributed by atoms with Crippen molar-refractivity contribution in [1.82, 2.24) is 0 Å². The van der Waals surface area contributed by atoms with Gasteiger partial charge in [-0.2, -0.15) is 0 Å². The van der Waals surface area contributed by atoms with Crippen molar-refractivity contribution in [3.05, 3.63) is 48.6 Å². The minimum atomic E-state index is -1.26. The van der Waals surface area contributed by atoms with Crippen molar-refractivity contribution in [2.75, 3.05) is 0 Å². The Morgan fingerprint density at radius 3 is 2.00 bits per heavy atom. The van der Waals surface area contributed by atoms with Crippen LogP contribution in [0.2, 0.25) is 0 Å². The molecular formula is C22H32O5. The summed E-state index contributed by atoms with van der Waals surface area (Å²) in [5.74, 6) is -2.82. The predicted molar refractivity (Wildman–Crippen MR) is 107 cm³/mol. The van der Waals surface area contributed by atoms with E-state index in [1.807, 2.05) is 12.2 Å². The summed E-state index contributed by atoms with van der Waals surface area (Å²) in [5, 5.41) is 8.36. The van der Waals surface area contributed by atoms with Gasteiger partial charge in [0, 0.05) is 18.6 Å². The molecule has 0 bridgehead atoms. The number of allylic oxidation sites excluding steroid dienone is 6. The minimum Gasteiger partial charge on any atom is -0.478 e. The number of rotatable bonds is 15. The molecular weight excluding hydrogens is 344 g/mol. The fourth-order valence-corrected chi connectivity index (χ4v) is 2.20. The first-order chi connectivity index (χ1) is 13.1. The number of hydrogen-bond donors (Lipinski definition) is 1. The number of carbonyl (C=O) groups is 3. The Morgan fingerprint density at radius 1 is 0.778 bits per heavy atom. The molecule has 0 heterocycles. The Bertz CT molecular complexity index is 541. The van der Waals surface area contributed by atoms with E-state index in [-0.39, 0.29) is 6.42 Å². The van der Waals surface area contributed by atoms with Crippen LogP contribution in [0, 0.1) is 0 Å². The fourth-order valence-electron chi connectivity index (χ4n) is 2.20. The maximum Gasteiger partial charge on any atom is 0.338 e. The Hall–Kier alpha value is -2.43. The van der Waals surface area contributed by atoms with Crippen molar-refractivity contribution in [3.63, 3.8) is 0 Å². The summed E-state index contributed by atoms with van der Waals surface area (Å²) in [6, 6.07) is 0. The van der Waals surface area contributed by atoms with Crippen LogP contribution in [-0.4, -0.2) is 23.0 Å². The predicted octanol–water partition coefficient (Wildman–Crippen LogP) is 5.29. The summed E-state index contributed by atoms with van der Waals surface area (Å²) in [5.41, 5.74) is 0. The molecule has 0 radical (unpaired) electrons. The zero-order valence-corrected chi connectivity index (χ0v) is 16.3. The SMILES string of the molecule is CCCC/C=C/C=C/C=C/CCCCCCCC(=O)OC(=O)/C=C\C(=O)O. The van der Waals surface area contributed by atoms with Crippen LogP contribution in [-0.2, 0) is 19.1 Å². The molecule has 0 saturated carbocycles. The summed E-state index contributed by atoms with van der Waals surface area (Å²) >= 11 is 0. The number of unbranched alkanes of at least 4 members (excludes halogenated alkanes) is 7. The van der Waals surface area contributed by atoms with Crippen LogP contribution < -0.4 is 0 Å². The molecule has 0 amide bonds. The first-order valence-electron chi connectivity index (χ1n) is 9.70. The molecule has 0 aromatic rings. The summed E-state index contributed by atoms with van der Waals surface area (Å²) < 4.78 is 4.47. The molecule has 0 saturated heterocycles. The van der Waals surface area contributed by atoms with Crippen LogP contribution in [0.4, 0.5) is 0 Å². The molecule has 0 aliphatic rings. The lowest BCUT2D eigenvalue weighted by molar-refractivity contribution is -0.156. The van der Waals surface area contributed by atoms with Crippen LogP contribution in [0.15, 0.2) is 48.6 Å². The normalized spacial score (nSPS) is 11.9. The Labute approximate surface area is 162 Å². The van der Waals surface area contributed by atoms with E-state index in [1.165, 1.54) is 12.8 Å². The second-order valence-corrected chi connectivity index (χ2v) is 6.15. The van der Waals surface area contributed by atoms with E-state index in [0.717, 1.165) is 44.6 Å². The molecule has 150 valence electrons.